The normalized spacial score (nSPS) is 18.8. The van der Waals surface area contributed by atoms with Crippen molar-refractivity contribution < 1.29 is 9.13 Å². The summed E-state index contributed by atoms with van der Waals surface area (Å²) in [7, 11) is 1.53. The summed E-state index contributed by atoms with van der Waals surface area (Å²) >= 11 is 0. The zero-order chi connectivity index (χ0) is 13.9. The van der Waals surface area contributed by atoms with Crippen LogP contribution in [0.15, 0.2) is 18.2 Å². The lowest BCUT2D eigenvalue weighted by atomic mass is 9.82. The molecule has 3 nitrogen and oxygen atoms in total. The summed E-state index contributed by atoms with van der Waals surface area (Å²) in [6, 6.07) is 7.34. The maximum atomic E-state index is 13.9. The van der Waals surface area contributed by atoms with Crippen molar-refractivity contribution in [3.63, 3.8) is 0 Å². The Morgan fingerprint density at radius 3 is 2.63 bits per heavy atom. The highest BCUT2D eigenvalue weighted by Crippen LogP contribution is 2.30. The van der Waals surface area contributed by atoms with E-state index in [-0.39, 0.29) is 11.2 Å². The number of methoxy groups -OCH3 is 1. The van der Waals surface area contributed by atoms with E-state index in [9.17, 15) is 4.39 Å². The van der Waals surface area contributed by atoms with E-state index in [2.05, 4.69) is 11.0 Å². The van der Waals surface area contributed by atoms with Crippen LogP contribution in [0.4, 0.5) is 4.39 Å². The van der Waals surface area contributed by atoms with Gasteiger partial charge >= 0.3 is 0 Å². The second-order valence-electron chi connectivity index (χ2n) is 5.41. The quantitative estimate of drug-likeness (QED) is 0.840. The average Bonchev–Trinajstić information content (AvgIpc) is 2.43. The van der Waals surface area contributed by atoms with Crippen molar-refractivity contribution in [1.82, 2.24) is 4.90 Å². The van der Waals surface area contributed by atoms with Crippen LogP contribution in [0.2, 0.25) is 0 Å². The lowest BCUT2D eigenvalue weighted by Gasteiger charge is -2.34. The van der Waals surface area contributed by atoms with E-state index in [0.29, 0.717) is 17.9 Å². The molecule has 1 saturated heterocycles. The zero-order valence-corrected chi connectivity index (χ0v) is 11.4. The molecular formula is C15H19FN2O. The number of halogens is 1. The second kappa shape index (κ2) is 5.58. The standard InChI is InChI=1S/C15H19FN2O/c1-15(11-17)5-7-18(8-6-15)10-12-3-4-13(19-2)9-14(12)16/h3-4,9H,5-8,10H2,1-2H3. The highest BCUT2D eigenvalue weighted by atomic mass is 19.1. The highest BCUT2D eigenvalue weighted by molar-refractivity contribution is 5.28. The summed E-state index contributed by atoms with van der Waals surface area (Å²) in [6.45, 7) is 4.28. The molecular weight excluding hydrogens is 243 g/mol. The predicted octanol–water partition coefficient (Wildman–Crippen LogP) is 2.96. The summed E-state index contributed by atoms with van der Waals surface area (Å²) < 4.78 is 18.8. The second-order valence-corrected chi connectivity index (χ2v) is 5.41. The molecule has 0 spiro atoms. The van der Waals surface area contributed by atoms with Crippen LogP contribution in [-0.2, 0) is 6.54 Å². The minimum absolute atomic E-state index is 0.213. The SMILES string of the molecule is COc1ccc(CN2CCC(C)(C#N)CC2)c(F)c1. The molecule has 0 bridgehead atoms. The van der Waals surface area contributed by atoms with Crippen LogP contribution in [0.5, 0.6) is 5.75 Å². The van der Waals surface area contributed by atoms with Gasteiger partial charge in [-0.15, -0.1) is 0 Å². The lowest BCUT2D eigenvalue weighted by Crippen LogP contribution is -2.37. The van der Waals surface area contributed by atoms with Crippen molar-refractivity contribution in [1.29, 1.82) is 5.26 Å². The van der Waals surface area contributed by atoms with Crippen molar-refractivity contribution in [3.8, 4) is 11.8 Å². The molecule has 0 amide bonds. The number of piperidine rings is 1. The van der Waals surface area contributed by atoms with Gasteiger partial charge in [0.25, 0.3) is 0 Å². The Labute approximate surface area is 113 Å². The number of likely N-dealkylation sites (tertiary alicyclic amines) is 1. The van der Waals surface area contributed by atoms with Crippen LogP contribution >= 0.6 is 0 Å². The van der Waals surface area contributed by atoms with Gasteiger partial charge in [0.2, 0.25) is 0 Å². The van der Waals surface area contributed by atoms with E-state index in [1.807, 2.05) is 6.92 Å². The minimum Gasteiger partial charge on any atom is -0.497 e. The van der Waals surface area contributed by atoms with E-state index in [1.165, 1.54) is 13.2 Å². The number of nitrogens with zero attached hydrogens (tertiary/aromatic N) is 2. The lowest BCUT2D eigenvalue weighted by molar-refractivity contribution is 0.149. The number of hydrogen-bond donors (Lipinski definition) is 0. The molecule has 1 aromatic carbocycles. The summed E-state index contributed by atoms with van der Waals surface area (Å²) in [6.07, 6.45) is 1.70. The number of hydrogen-bond acceptors (Lipinski definition) is 3. The van der Waals surface area contributed by atoms with Gasteiger partial charge in [0.15, 0.2) is 0 Å². The molecule has 19 heavy (non-hydrogen) atoms. The third kappa shape index (κ3) is 3.24. The first-order chi connectivity index (χ1) is 9.06. The molecule has 2 rings (SSSR count). The average molecular weight is 262 g/mol. The van der Waals surface area contributed by atoms with Gasteiger partial charge in [-0.25, -0.2) is 4.39 Å². The third-order valence-corrected chi connectivity index (χ3v) is 3.88. The Balaban J connectivity index is 1.98. The van der Waals surface area contributed by atoms with Crippen LogP contribution in [-0.4, -0.2) is 25.1 Å². The molecule has 0 aliphatic carbocycles. The molecule has 0 N–H and O–H groups in total. The van der Waals surface area contributed by atoms with Crippen molar-refractivity contribution in [3.05, 3.63) is 29.6 Å². The molecule has 1 aliphatic rings. The molecule has 0 radical (unpaired) electrons. The first-order valence-electron chi connectivity index (χ1n) is 6.52. The Morgan fingerprint density at radius 1 is 1.42 bits per heavy atom. The summed E-state index contributed by atoms with van der Waals surface area (Å²) in [5.41, 5.74) is 0.468. The predicted molar refractivity (Wildman–Crippen MR) is 71.2 cm³/mol. The van der Waals surface area contributed by atoms with Crippen molar-refractivity contribution in [2.75, 3.05) is 20.2 Å². The summed E-state index contributed by atoms with van der Waals surface area (Å²) in [4.78, 5) is 2.20. The van der Waals surface area contributed by atoms with Crippen LogP contribution in [0.3, 0.4) is 0 Å². The largest absolute Gasteiger partial charge is 0.497 e. The molecule has 1 aromatic rings. The fourth-order valence-electron chi connectivity index (χ4n) is 2.34. The molecule has 0 atom stereocenters. The van der Waals surface area contributed by atoms with Crippen molar-refractivity contribution in [2.24, 2.45) is 5.41 Å². The zero-order valence-electron chi connectivity index (χ0n) is 11.4. The number of rotatable bonds is 3. The third-order valence-electron chi connectivity index (χ3n) is 3.88. The van der Waals surface area contributed by atoms with E-state index in [4.69, 9.17) is 10.00 Å². The molecule has 102 valence electrons. The fraction of sp³-hybridized carbons (Fsp3) is 0.533. The van der Waals surface area contributed by atoms with Gasteiger partial charge in [0, 0.05) is 18.2 Å². The van der Waals surface area contributed by atoms with Gasteiger partial charge in [-0.3, -0.25) is 4.90 Å². The number of nitriles is 1. The highest BCUT2D eigenvalue weighted by Gasteiger charge is 2.29. The van der Waals surface area contributed by atoms with Gasteiger partial charge in [-0.05, 0) is 38.9 Å². The molecule has 1 fully saturated rings. The van der Waals surface area contributed by atoms with E-state index < -0.39 is 0 Å². The molecule has 0 aromatic heterocycles. The summed E-state index contributed by atoms with van der Waals surface area (Å²) in [5.74, 6) is 0.310. The Bertz CT molecular complexity index is 487. The molecule has 0 unspecified atom stereocenters. The number of ether oxygens (including phenoxy) is 1. The fourth-order valence-corrected chi connectivity index (χ4v) is 2.34. The van der Waals surface area contributed by atoms with Crippen LogP contribution in [0, 0.1) is 22.6 Å². The maximum Gasteiger partial charge on any atom is 0.131 e. The van der Waals surface area contributed by atoms with Gasteiger partial charge < -0.3 is 4.74 Å². The molecule has 1 aliphatic heterocycles. The Hall–Kier alpha value is -1.60. The van der Waals surface area contributed by atoms with Gasteiger partial charge in [-0.2, -0.15) is 5.26 Å². The first-order valence-corrected chi connectivity index (χ1v) is 6.52. The molecule has 0 saturated carbocycles. The Kier molecular flexibility index (Phi) is 4.06. The number of benzene rings is 1. The monoisotopic (exact) mass is 262 g/mol. The minimum atomic E-state index is -0.229. The van der Waals surface area contributed by atoms with Crippen LogP contribution < -0.4 is 4.74 Å². The van der Waals surface area contributed by atoms with E-state index in [1.54, 1.807) is 12.1 Å². The Morgan fingerprint density at radius 2 is 2.11 bits per heavy atom. The van der Waals surface area contributed by atoms with Crippen LogP contribution in [0.25, 0.3) is 0 Å². The topological polar surface area (TPSA) is 36.3 Å². The van der Waals surface area contributed by atoms with Crippen molar-refractivity contribution >= 4 is 0 Å². The summed E-state index contributed by atoms with van der Waals surface area (Å²) in [5, 5.41) is 9.09. The van der Waals surface area contributed by atoms with Gasteiger partial charge in [0.05, 0.1) is 18.6 Å². The molecule has 1 heterocycles. The van der Waals surface area contributed by atoms with Crippen molar-refractivity contribution in [2.45, 2.75) is 26.3 Å². The van der Waals surface area contributed by atoms with E-state index in [0.717, 1.165) is 25.9 Å². The van der Waals surface area contributed by atoms with E-state index >= 15 is 0 Å². The van der Waals surface area contributed by atoms with Gasteiger partial charge in [-0.1, -0.05) is 6.07 Å². The smallest absolute Gasteiger partial charge is 0.131 e. The van der Waals surface area contributed by atoms with Crippen LogP contribution in [0.1, 0.15) is 25.3 Å². The first kappa shape index (κ1) is 13.8. The molecule has 4 heteroatoms. The maximum absolute atomic E-state index is 13.9. The van der Waals surface area contributed by atoms with Gasteiger partial charge in [0.1, 0.15) is 11.6 Å².